The number of fused-ring (bicyclic) bond motifs is 1. The van der Waals surface area contributed by atoms with Crippen LogP contribution >= 0.6 is 0 Å². The average molecular weight is 374 g/mol. The molecule has 0 spiro atoms. The lowest BCUT2D eigenvalue weighted by Gasteiger charge is -2.34. The largest absolute Gasteiger partial charge is 0.348 e. The smallest absolute Gasteiger partial charge is 0.141 e. The minimum absolute atomic E-state index is 0.00552. The molecule has 8 heteroatoms. The number of nitrogens with zero attached hydrogens (tertiary/aromatic N) is 6. The van der Waals surface area contributed by atoms with Crippen molar-refractivity contribution in [2.45, 2.75) is 32.5 Å². The summed E-state index contributed by atoms with van der Waals surface area (Å²) in [6.07, 6.45) is 6.28. The van der Waals surface area contributed by atoms with Crippen molar-refractivity contribution in [1.29, 1.82) is 0 Å². The van der Waals surface area contributed by atoms with Crippen molar-refractivity contribution in [2.24, 2.45) is 0 Å². The number of H-pyrrole nitrogens is 2. The van der Waals surface area contributed by atoms with Gasteiger partial charge in [-0.3, -0.25) is 10.00 Å². The van der Waals surface area contributed by atoms with E-state index in [1.807, 2.05) is 29.1 Å². The minimum atomic E-state index is 0.00552. The van der Waals surface area contributed by atoms with Gasteiger partial charge in [-0.05, 0) is 12.5 Å². The van der Waals surface area contributed by atoms with Crippen molar-refractivity contribution in [3.63, 3.8) is 0 Å². The quantitative estimate of drug-likeness (QED) is 0.560. The average Bonchev–Trinajstić information content (AvgIpc) is 3.49. The highest BCUT2D eigenvalue weighted by molar-refractivity contribution is 5.64. The standard InChI is InChI=1S/C20H22N8/c1-2-28-17(22-13-25-28)11-27-9-8-16-19(23-12-21-16)20(27)15-10-24-26-18(15)14-6-4-3-5-7-14/h3-7,10,12-13,20H,2,8-9,11H2,1H3,(H,21,23)(H,24,26)/t20-/m1/s1. The number of rotatable bonds is 5. The molecular formula is C20H22N8. The summed E-state index contributed by atoms with van der Waals surface area (Å²) >= 11 is 0. The summed E-state index contributed by atoms with van der Waals surface area (Å²) in [6.45, 7) is 4.52. The topological polar surface area (TPSA) is 91.3 Å². The molecule has 0 saturated heterocycles. The Balaban J connectivity index is 1.58. The van der Waals surface area contributed by atoms with Crippen molar-refractivity contribution >= 4 is 0 Å². The number of benzene rings is 1. The van der Waals surface area contributed by atoms with E-state index in [9.17, 15) is 0 Å². The Kier molecular flexibility index (Phi) is 4.25. The van der Waals surface area contributed by atoms with Crippen molar-refractivity contribution < 1.29 is 0 Å². The molecule has 0 radical (unpaired) electrons. The number of nitrogens with one attached hydrogen (secondary N) is 2. The Morgan fingerprint density at radius 3 is 2.93 bits per heavy atom. The van der Waals surface area contributed by atoms with Gasteiger partial charge in [-0.2, -0.15) is 10.2 Å². The summed E-state index contributed by atoms with van der Waals surface area (Å²) in [6, 6.07) is 10.3. The summed E-state index contributed by atoms with van der Waals surface area (Å²) in [5.74, 6) is 0.969. The van der Waals surface area contributed by atoms with Crippen LogP contribution < -0.4 is 0 Å². The summed E-state index contributed by atoms with van der Waals surface area (Å²) in [4.78, 5) is 14.9. The van der Waals surface area contributed by atoms with Gasteiger partial charge in [-0.15, -0.1) is 0 Å². The zero-order chi connectivity index (χ0) is 18.9. The van der Waals surface area contributed by atoms with E-state index in [-0.39, 0.29) is 6.04 Å². The summed E-state index contributed by atoms with van der Waals surface area (Å²) in [7, 11) is 0. The maximum absolute atomic E-state index is 4.67. The molecule has 1 atom stereocenters. The highest BCUT2D eigenvalue weighted by atomic mass is 15.4. The van der Waals surface area contributed by atoms with Gasteiger partial charge in [0.2, 0.25) is 0 Å². The third-order valence-electron chi connectivity index (χ3n) is 5.39. The molecule has 4 aromatic rings. The van der Waals surface area contributed by atoms with Gasteiger partial charge in [0.1, 0.15) is 12.2 Å². The lowest BCUT2D eigenvalue weighted by Crippen LogP contribution is -2.36. The summed E-state index contributed by atoms with van der Waals surface area (Å²) in [5, 5.41) is 11.9. The van der Waals surface area contributed by atoms with Crippen molar-refractivity contribution in [3.05, 3.63) is 72.0 Å². The fourth-order valence-electron chi connectivity index (χ4n) is 4.03. The van der Waals surface area contributed by atoms with Gasteiger partial charge in [0.15, 0.2) is 0 Å². The van der Waals surface area contributed by atoms with Gasteiger partial charge in [0.05, 0.1) is 36.5 Å². The zero-order valence-corrected chi connectivity index (χ0v) is 15.7. The van der Waals surface area contributed by atoms with Crippen LogP contribution in [0.5, 0.6) is 0 Å². The van der Waals surface area contributed by atoms with Crippen LogP contribution in [0.1, 0.15) is 35.7 Å². The molecular weight excluding hydrogens is 352 g/mol. The third-order valence-corrected chi connectivity index (χ3v) is 5.39. The molecule has 142 valence electrons. The van der Waals surface area contributed by atoms with E-state index >= 15 is 0 Å². The van der Waals surface area contributed by atoms with Crippen molar-refractivity contribution in [2.75, 3.05) is 6.54 Å². The van der Waals surface area contributed by atoms with Crippen LogP contribution in [0.2, 0.25) is 0 Å². The van der Waals surface area contributed by atoms with E-state index in [1.54, 1.807) is 12.7 Å². The number of aryl methyl sites for hydroxylation is 1. The predicted octanol–water partition coefficient (Wildman–Crippen LogP) is 2.56. The SMILES string of the molecule is CCn1ncnc1CN1CCc2[nH]cnc2[C@H]1c1cn[nH]c1-c1ccccc1. The van der Waals surface area contributed by atoms with E-state index in [1.165, 1.54) is 5.69 Å². The van der Waals surface area contributed by atoms with Crippen LogP contribution in [0.25, 0.3) is 11.3 Å². The van der Waals surface area contributed by atoms with Crippen LogP contribution in [-0.2, 0) is 19.5 Å². The highest BCUT2D eigenvalue weighted by Gasteiger charge is 2.34. The van der Waals surface area contributed by atoms with E-state index in [4.69, 9.17) is 0 Å². The van der Waals surface area contributed by atoms with Gasteiger partial charge in [-0.1, -0.05) is 30.3 Å². The van der Waals surface area contributed by atoms with E-state index in [0.717, 1.165) is 47.8 Å². The van der Waals surface area contributed by atoms with Gasteiger partial charge < -0.3 is 4.98 Å². The molecule has 0 amide bonds. The molecule has 0 bridgehead atoms. The molecule has 1 aliphatic rings. The van der Waals surface area contributed by atoms with Gasteiger partial charge in [0, 0.05) is 30.8 Å². The fraction of sp³-hybridized carbons (Fsp3) is 0.300. The molecule has 0 aliphatic carbocycles. The number of hydrogen-bond acceptors (Lipinski definition) is 5. The second-order valence-electron chi connectivity index (χ2n) is 6.95. The predicted molar refractivity (Wildman–Crippen MR) is 104 cm³/mol. The molecule has 0 saturated carbocycles. The minimum Gasteiger partial charge on any atom is -0.348 e. The summed E-state index contributed by atoms with van der Waals surface area (Å²) in [5.41, 5.74) is 5.53. The Bertz CT molecular complexity index is 1060. The first-order chi connectivity index (χ1) is 13.8. The first-order valence-electron chi connectivity index (χ1n) is 9.56. The molecule has 0 fully saturated rings. The number of aromatic amines is 2. The molecule has 2 N–H and O–H groups in total. The Morgan fingerprint density at radius 2 is 2.07 bits per heavy atom. The molecule has 0 unspecified atom stereocenters. The van der Waals surface area contributed by atoms with Crippen molar-refractivity contribution in [1.82, 2.24) is 39.8 Å². The van der Waals surface area contributed by atoms with Crippen LogP contribution in [0, 0.1) is 0 Å². The fourth-order valence-corrected chi connectivity index (χ4v) is 4.03. The lowest BCUT2D eigenvalue weighted by atomic mass is 9.94. The molecule has 1 aromatic carbocycles. The van der Waals surface area contributed by atoms with Crippen LogP contribution in [0.3, 0.4) is 0 Å². The number of aromatic nitrogens is 7. The van der Waals surface area contributed by atoms with Crippen molar-refractivity contribution in [3.8, 4) is 11.3 Å². The Morgan fingerprint density at radius 1 is 1.18 bits per heavy atom. The normalized spacial score (nSPS) is 17.0. The van der Waals surface area contributed by atoms with Gasteiger partial charge >= 0.3 is 0 Å². The molecule has 28 heavy (non-hydrogen) atoms. The molecule has 1 aliphatic heterocycles. The highest BCUT2D eigenvalue weighted by Crippen LogP contribution is 2.38. The number of hydrogen-bond donors (Lipinski definition) is 2. The van der Waals surface area contributed by atoms with Crippen LogP contribution in [-0.4, -0.2) is 46.4 Å². The van der Waals surface area contributed by atoms with Crippen LogP contribution in [0.15, 0.2) is 49.2 Å². The maximum Gasteiger partial charge on any atom is 0.141 e. The van der Waals surface area contributed by atoms with E-state index in [2.05, 4.69) is 54.2 Å². The second kappa shape index (κ2) is 7.05. The monoisotopic (exact) mass is 374 g/mol. The Hall–Kier alpha value is -3.26. The molecule has 8 nitrogen and oxygen atoms in total. The molecule has 4 heterocycles. The Labute approximate surface area is 162 Å². The zero-order valence-electron chi connectivity index (χ0n) is 15.7. The van der Waals surface area contributed by atoms with Gasteiger partial charge in [0.25, 0.3) is 0 Å². The summed E-state index contributed by atoms with van der Waals surface area (Å²) < 4.78 is 1.95. The molecule has 5 rings (SSSR count). The van der Waals surface area contributed by atoms with Gasteiger partial charge in [-0.25, -0.2) is 14.6 Å². The van der Waals surface area contributed by atoms with E-state index < -0.39 is 0 Å². The molecule has 3 aromatic heterocycles. The maximum atomic E-state index is 4.67. The first kappa shape index (κ1) is 16.9. The third kappa shape index (κ3) is 2.82. The number of imidazole rings is 1. The van der Waals surface area contributed by atoms with E-state index in [0.29, 0.717) is 6.54 Å². The van der Waals surface area contributed by atoms with Crippen LogP contribution in [0.4, 0.5) is 0 Å². The second-order valence-corrected chi connectivity index (χ2v) is 6.95. The first-order valence-corrected chi connectivity index (χ1v) is 9.56. The lowest BCUT2D eigenvalue weighted by molar-refractivity contribution is 0.192.